The van der Waals surface area contributed by atoms with Crippen molar-refractivity contribution in [3.63, 3.8) is 0 Å². The molecule has 1 aromatic heterocycles. The predicted molar refractivity (Wildman–Crippen MR) is 156 cm³/mol. The Morgan fingerprint density at radius 3 is 1.66 bits per heavy atom. The average Bonchev–Trinajstić information content (AvgIpc) is 2.93. The molecule has 0 saturated heterocycles. The van der Waals surface area contributed by atoms with Crippen molar-refractivity contribution >= 4 is 21.2 Å². The van der Waals surface area contributed by atoms with Crippen molar-refractivity contribution in [3.8, 4) is 22.5 Å². The van der Waals surface area contributed by atoms with Crippen molar-refractivity contribution in [2.45, 2.75) is 82.4 Å². The monoisotopic (exact) mass is 530 g/mol. The maximum absolute atomic E-state index is 12.3. The third-order valence-electron chi connectivity index (χ3n) is 7.05. The van der Waals surface area contributed by atoms with Crippen LogP contribution in [-0.4, -0.2) is 22.9 Å². The predicted octanol–water partition coefficient (Wildman–Crippen LogP) is 8.67. The highest BCUT2D eigenvalue weighted by molar-refractivity contribution is 7.85. The van der Waals surface area contributed by atoms with Crippen LogP contribution in [0.2, 0.25) is 0 Å². The smallest absolute Gasteiger partial charge is 0.282 e. The highest BCUT2D eigenvalue weighted by Crippen LogP contribution is 2.34. The molecule has 0 aliphatic carbocycles. The molecule has 4 rings (SSSR count). The molecular formula is C32H38N2O3S. The molecule has 6 heteroatoms. The molecule has 0 atom stereocenters. The number of rotatable bonds is 14. The second-order valence-corrected chi connectivity index (χ2v) is 11.4. The van der Waals surface area contributed by atoms with Gasteiger partial charge in [0.25, 0.3) is 10.1 Å². The van der Waals surface area contributed by atoms with Gasteiger partial charge in [0.1, 0.15) is 0 Å². The van der Waals surface area contributed by atoms with Crippen LogP contribution in [-0.2, 0) is 16.5 Å². The van der Waals surface area contributed by atoms with Gasteiger partial charge >= 0.3 is 0 Å². The zero-order chi connectivity index (χ0) is 26.8. The molecule has 0 amide bonds. The third-order valence-corrected chi connectivity index (χ3v) is 7.99. The molecule has 0 unspecified atom stereocenters. The van der Waals surface area contributed by atoms with Gasteiger partial charge in [-0.25, -0.2) is 9.97 Å². The molecule has 200 valence electrons. The van der Waals surface area contributed by atoms with Gasteiger partial charge in [-0.1, -0.05) is 125 Å². The van der Waals surface area contributed by atoms with E-state index < -0.39 is 10.1 Å². The summed E-state index contributed by atoms with van der Waals surface area (Å²) >= 11 is 0. The highest BCUT2D eigenvalue weighted by atomic mass is 32.2. The zero-order valence-electron chi connectivity index (χ0n) is 22.3. The first-order valence-electron chi connectivity index (χ1n) is 13.9. The van der Waals surface area contributed by atoms with Gasteiger partial charge in [-0.3, -0.25) is 4.55 Å². The molecule has 4 aromatic rings. The first-order valence-corrected chi connectivity index (χ1v) is 15.3. The number of nitrogens with zero attached hydrogens (tertiary/aromatic N) is 2. The molecule has 0 bridgehead atoms. The normalized spacial score (nSPS) is 11.7. The molecule has 0 aliphatic rings. The molecule has 0 aliphatic heterocycles. The standard InChI is InChI=1S/C32H38N2O3S/c1-2-3-4-5-6-7-8-9-10-17-22-27-29(38(35,36)37)24-23-28-32(27)34-31(26-20-15-12-16-21-26)30(33-28)25-18-13-11-14-19-25/h11-16,18-21,23-24H,2-10,17,22H2,1H3,(H,35,36,37). The van der Waals surface area contributed by atoms with E-state index in [0.717, 1.165) is 36.1 Å². The van der Waals surface area contributed by atoms with E-state index in [2.05, 4.69) is 6.92 Å². The van der Waals surface area contributed by atoms with Crippen molar-refractivity contribution in [3.05, 3.63) is 78.4 Å². The van der Waals surface area contributed by atoms with Crippen molar-refractivity contribution < 1.29 is 13.0 Å². The van der Waals surface area contributed by atoms with E-state index in [1.165, 1.54) is 51.0 Å². The first-order chi connectivity index (χ1) is 18.5. The lowest BCUT2D eigenvalue weighted by Gasteiger charge is -2.15. The maximum atomic E-state index is 12.3. The van der Waals surface area contributed by atoms with Crippen LogP contribution >= 0.6 is 0 Å². The second kappa shape index (κ2) is 13.6. The molecule has 0 radical (unpaired) electrons. The van der Waals surface area contributed by atoms with Crippen molar-refractivity contribution in [1.82, 2.24) is 9.97 Å². The minimum absolute atomic E-state index is 0.0679. The summed E-state index contributed by atoms with van der Waals surface area (Å²) in [6, 6.07) is 22.8. The van der Waals surface area contributed by atoms with Gasteiger partial charge < -0.3 is 0 Å². The third kappa shape index (κ3) is 7.27. The molecule has 0 saturated carbocycles. The first kappa shape index (κ1) is 27.9. The van der Waals surface area contributed by atoms with Crippen LogP contribution in [0.15, 0.2) is 77.7 Å². The van der Waals surface area contributed by atoms with Gasteiger partial charge in [0, 0.05) is 16.7 Å². The number of hydrogen-bond donors (Lipinski definition) is 1. The lowest BCUT2D eigenvalue weighted by atomic mass is 10.0. The van der Waals surface area contributed by atoms with E-state index in [4.69, 9.17) is 9.97 Å². The maximum Gasteiger partial charge on any atom is 0.294 e. The molecule has 5 nitrogen and oxygen atoms in total. The van der Waals surface area contributed by atoms with Crippen LogP contribution in [0.4, 0.5) is 0 Å². The Morgan fingerprint density at radius 2 is 1.13 bits per heavy atom. The van der Waals surface area contributed by atoms with E-state index >= 15 is 0 Å². The summed E-state index contributed by atoms with van der Waals surface area (Å²) in [7, 11) is -4.39. The van der Waals surface area contributed by atoms with Gasteiger partial charge in [0.2, 0.25) is 0 Å². The average molecular weight is 531 g/mol. The lowest BCUT2D eigenvalue weighted by molar-refractivity contribution is 0.481. The van der Waals surface area contributed by atoms with Crippen LogP contribution in [0.5, 0.6) is 0 Å². The Balaban J connectivity index is 1.63. The largest absolute Gasteiger partial charge is 0.294 e. The van der Waals surface area contributed by atoms with Crippen LogP contribution in [0.25, 0.3) is 33.5 Å². The molecule has 3 aromatic carbocycles. The van der Waals surface area contributed by atoms with Crippen LogP contribution in [0.1, 0.15) is 76.7 Å². The van der Waals surface area contributed by atoms with E-state index in [9.17, 15) is 13.0 Å². The Labute approximate surface area is 227 Å². The molecule has 0 spiro atoms. The van der Waals surface area contributed by atoms with Gasteiger partial charge in [-0.2, -0.15) is 8.42 Å². The molecule has 38 heavy (non-hydrogen) atoms. The summed E-state index contributed by atoms with van der Waals surface area (Å²) in [6.45, 7) is 2.24. The topological polar surface area (TPSA) is 80.2 Å². The summed E-state index contributed by atoms with van der Waals surface area (Å²) in [5.41, 5.74) is 5.00. The summed E-state index contributed by atoms with van der Waals surface area (Å²) in [4.78, 5) is 9.92. The fraction of sp³-hybridized carbons (Fsp3) is 0.375. The number of aromatic nitrogens is 2. The van der Waals surface area contributed by atoms with E-state index in [0.29, 0.717) is 28.7 Å². The Kier molecular flexibility index (Phi) is 10.0. The number of benzene rings is 3. The molecule has 0 fully saturated rings. The van der Waals surface area contributed by atoms with Crippen molar-refractivity contribution in [2.24, 2.45) is 0 Å². The van der Waals surface area contributed by atoms with Gasteiger partial charge in [-0.15, -0.1) is 0 Å². The number of fused-ring (bicyclic) bond motifs is 1. The zero-order valence-corrected chi connectivity index (χ0v) is 23.1. The highest BCUT2D eigenvalue weighted by Gasteiger charge is 2.21. The SMILES string of the molecule is CCCCCCCCCCCCc1c(S(=O)(=O)O)ccc2nc(-c3ccccc3)c(-c3ccccc3)nc12. The Morgan fingerprint density at radius 1 is 0.632 bits per heavy atom. The fourth-order valence-corrected chi connectivity index (χ4v) is 5.78. The number of unbranched alkanes of at least 4 members (excludes halogenated alkanes) is 9. The number of hydrogen-bond acceptors (Lipinski definition) is 4. The lowest BCUT2D eigenvalue weighted by Crippen LogP contribution is -2.07. The minimum Gasteiger partial charge on any atom is -0.282 e. The minimum atomic E-state index is -4.39. The van der Waals surface area contributed by atoms with Crippen molar-refractivity contribution in [1.29, 1.82) is 0 Å². The Hall–Kier alpha value is -3.09. The van der Waals surface area contributed by atoms with Crippen LogP contribution < -0.4 is 0 Å². The molecule has 1 N–H and O–H groups in total. The van der Waals surface area contributed by atoms with Gasteiger partial charge in [0.15, 0.2) is 0 Å². The number of aryl methyl sites for hydroxylation is 1. The van der Waals surface area contributed by atoms with E-state index in [1.54, 1.807) is 6.07 Å². The van der Waals surface area contributed by atoms with Gasteiger partial charge in [-0.05, 0) is 25.0 Å². The quantitative estimate of drug-likeness (QED) is 0.130. The van der Waals surface area contributed by atoms with Gasteiger partial charge in [0.05, 0.1) is 27.3 Å². The van der Waals surface area contributed by atoms with E-state index in [1.807, 2.05) is 60.7 Å². The summed E-state index contributed by atoms with van der Waals surface area (Å²) in [5, 5.41) is 0. The van der Waals surface area contributed by atoms with Crippen molar-refractivity contribution in [2.75, 3.05) is 0 Å². The summed E-state index contributed by atoms with van der Waals surface area (Å²) in [5.74, 6) is 0. The molecular weight excluding hydrogens is 492 g/mol. The summed E-state index contributed by atoms with van der Waals surface area (Å²) < 4.78 is 34.7. The van der Waals surface area contributed by atoms with E-state index in [-0.39, 0.29) is 4.90 Å². The van der Waals surface area contributed by atoms with Crippen LogP contribution in [0.3, 0.4) is 0 Å². The molecule has 1 heterocycles. The summed E-state index contributed by atoms with van der Waals surface area (Å²) in [6.07, 6.45) is 12.5. The fourth-order valence-electron chi connectivity index (χ4n) is 5.03. The Bertz CT molecular complexity index is 1420. The van der Waals surface area contributed by atoms with Crippen LogP contribution in [0, 0.1) is 0 Å². The second-order valence-electron chi connectivity index (χ2n) is 9.97.